The molecule has 34 heavy (non-hydrogen) atoms. The molecule has 8 heteroatoms. The lowest BCUT2D eigenvalue weighted by atomic mass is 9.93. The first-order valence-corrected chi connectivity index (χ1v) is 10.5. The maximum atomic E-state index is 14.7. The summed E-state index contributed by atoms with van der Waals surface area (Å²) in [4.78, 5) is 24.9. The summed E-state index contributed by atoms with van der Waals surface area (Å²) in [7, 11) is 0. The lowest BCUT2D eigenvalue weighted by Gasteiger charge is -2.14. The highest BCUT2D eigenvalue weighted by atomic mass is 19.1. The third kappa shape index (κ3) is 4.02. The molecular formula is C26H19FN4O3. The lowest BCUT2D eigenvalue weighted by molar-refractivity contribution is 0.0697. The number of carboxylic acids is 1. The number of hydrogen-bond acceptors (Lipinski definition) is 6. The topological polar surface area (TPSA) is 108 Å². The van der Waals surface area contributed by atoms with E-state index < -0.39 is 5.97 Å². The van der Waals surface area contributed by atoms with Gasteiger partial charge < -0.3 is 15.5 Å². The highest BCUT2D eigenvalue weighted by Crippen LogP contribution is 2.33. The largest absolute Gasteiger partial charge is 0.478 e. The zero-order valence-corrected chi connectivity index (χ0v) is 17.9. The summed E-state index contributed by atoms with van der Waals surface area (Å²) in [5.41, 5.74) is 5.20. The van der Waals surface area contributed by atoms with E-state index in [1.54, 1.807) is 48.7 Å². The highest BCUT2D eigenvalue weighted by Gasteiger charge is 2.23. The van der Waals surface area contributed by atoms with Crippen LogP contribution in [0.4, 0.5) is 16.0 Å². The van der Waals surface area contributed by atoms with Gasteiger partial charge in [-0.15, -0.1) is 0 Å². The first-order chi connectivity index (χ1) is 16.5. The molecule has 0 saturated heterocycles. The number of fused-ring (bicyclic) bond motifs is 3. The number of aliphatic hydroxyl groups excluding tert-OH is 1. The minimum absolute atomic E-state index is 0.159. The maximum Gasteiger partial charge on any atom is 0.335 e. The Bertz CT molecular complexity index is 1430. The molecule has 0 unspecified atom stereocenters. The fraction of sp³-hybridized carbons (Fsp3) is 0.0769. The maximum absolute atomic E-state index is 14.7. The van der Waals surface area contributed by atoms with Gasteiger partial charge in [0.2, 0.25) is 5.95 Å². The smallest absolute Gasteiger partial charge is 0.335 e. The molecule has 7 nitrogen and oxygen atoms in total. The molecule has 2 heterocycles. The standard InChI is InChI=1S/C26H19FN4O3/c27-22-4-2-1-3-20(22)24-21-11-15(14-32)5-10-19(21)23-17(12-28-24)13-29-26(31-23)30-18-8-6-16(7-9-18)25(33)34/h1-11,13,32H,12,14H2,(H,33,34)(H,29,30,31). The Kier molecular flexibility index (Phi) is 5.57. The van der Waals surface area contributed by atoms with E-state index in [4.69, 9.17) is 15.1 Å². The van der Waals surface area contributed by atoms with Gasteiger partial charge in [0.15, 0.2) is 0 Å². The molecule has 4 aromatic rings. The van der Waals surface area contributed by atoms with Crippen LogP contribution in [0, 0.1) is 5.82 Å². The number of aromatic carboxylic acids is 1. The summed E-state index contributed by atoms with van der Waals surface area (Å²) in [5.74, 6) is -1.06. The van der Waals surface area contributed by atoms with Crippen LogP contribution >= 0.6 is 0 Å². The fourth-order valence-electron chi connectivity index (χ4n) is 3.87. The molecule has 5 rings (SSSR count). The Labute approximate surface area is 194 Å². The Morgan fingerprint density at radius 3 is 2.53 bits per heavy atom. The van der Waals surface area contributed by atoms with Gasteiger partial charge in [-0.3, -0.25) is 4.99 Å². The average Bonchev–Trinajstić information content (AvgIpc) is 3.01. The molecule has 3 aromatic carbocycles. The molecule has 0 spiro atoms. The zero-order chi connectivity index (χ0) is 23.7. The zero-order valence-electron chi connectivity index (χ0n) is 17.9. The molecule has 0 atom stereocenters. The Balaban J connectivity index is 1.58. The number of benzene rings is 3. The molecule has 0 radical (unpaired) electrons. The van der Waals surface area contributed by atoms with Gasteiger partial charge in [-0.25, -0.2) is 19.2 Å². The minimum atomic E-state index is -1.00. The highest BCUT2D eigenvalue weighted by molar-refractivity contribution is 6.17. The molecule has 0 amide bonds. The Morgan fingerprint density at radius 1 is 1.00 bits per heavy atom. The Hall–Kier alpha value is -4.43. The second-order valence-electron chi connectivity index (χ2n) is 7.76. The number of nitrogens with one attached hydrogen (secondary N) is 1. The van der Waals surface area contributed by atoms with Gasteiger partial charge in [0.1, 0.15) is 5.82 Å². The molecule has 0 saturated carbocycles. The van der Waals surface area contributed by atoms with Crippen LogP contribution < -0.4 is 5.32 Å². The molecule has 1 aromatic heterocycles. The summed E-state index contributed by atoms with van der Waals surface area (Å²) < 4.78 is 14.7. The summed E-state index contributed by atoms with van der Waals surface area (Å²) in [6.45, 7) is 0.101. The van der Waals surface area contributed by atoms with Crippen LogP contribution in [0.3, 0.4) is 0 Å². The molecule has 1 aliphatic heterocycles. The van der Waals surface area contributed by atoms with Gasteiger partial charge in [0.25, 0.3) is 0 Å². The number of anilines is 2. The molecular weight excluding hydrogens is 435 g/mol. The van der Waals surface area contributed by atoms with Crippen molar-refractivity contribution in [2.45, 2.75) is 13.2 Å². The summed E-state index contributed by atoms with van der Waals surface area (Å²) >= 11 is 0. The van der Waals surface area contributed by atoms with E-state index in [9.17, 15) is 14.3 Å². The first kappa shape index (κ1) is 21.4. The number of rotatable bonds is 5. The van der Waals surface area contributed by atoms with Crippen molar-refractivity contribution in [3.8, 4) is 11.3 Å². The van der Waals surface area contributed by atoms with Crippen molar-refractivity contribution in [1.82, 2.24) is 9.97 Å². The molecule has 0 fully saturated rings. The van der Waals surface area contributed by atoms with Crippen LogP contribution in [0.25, 0.3) is 11.3 Å². The van der Waals surface area contributed by atoms with E-state index in [0.717, 1.165) is 11.1 Å². The normalized spacial score (nSPS) is 12.2. The number of aliphatic imine (C=N–C) groups is 1. The van der Waals surface area contributed by atoms with Crippen LogP contribution in [-0.2, 0) is 13.2 Å². The molecule has 3 N–H and O–H groups in total. The monoisotopic (exact) mass is 454 g/mol. The predicted octanol–water partition coefficient (Wildman–Crippen LogP) is 4.57. The van der Waals surface area contributed by atoms with Gasteiger partial charge in [-0.1, -0.05) is 24.3 Å². The third-order valence-corrected chi connectivity index (χ3v) is 5.57. The van der Waals surface area contributed by atoms with Gasteiger partial charge in [0, 0.05) is 34.1 Å². The number of aliphatic hydroxyl groups is 1. The quantitative estimate of drug-likeness (QED) is 0.408. The van der Waals surface area contributed by atoms with Crippen molar-refractivity contribution in [2.75, 3.05) is 5.32 Å². The molecule has 1 aliphatic rings. The van der Waals surface area contributed by atoms with Gasteiger partial charge >= 0.3 is 5.97 Å². The minimum Gasteiger partial charge on any atom is -0.478 e. The first-order valence-electron chi connectivity index (χ1n) is 10.5. The van der Waals surface area contributed by atoms with Gasteiger partial charge in [0.05, 0.1) is 30.1 Å². The number of nitrogens with zero attached hydrogens (tertiary/aromatic N) is 3. The number of halogens is 1. The SMILES string of the molecule is O=C(O)c1ccc(Nc2ncc3c(n2)-c2ccc(CO)cc2C(c2ccccc2F)=NC3)cc1. The van der Waals surface area contributed by atoms with Crippen molar-refractivity contribution >= 4 is 23.3 Å². The van der Waals surface area contributed by atoms with Crippen LogP contribution in [0.2, 0.25) is 0 Å². The van der Waals surface area contributed by atoms with Crippen molar-refractivity contribution in [1.29, 1.82) is 0 Å². The third-order valence-electron chi connectivity index (χ3n) is 5.57. The van der Waals surface area contributed by atoms with Crippen molar-refractivity contribution in [3.05, 3.63) is 107 Å². The van der Waals surface area contributed by atoms with Gasteiger partial charge in [-0.2, -0.15) is 0 Å². The average molecular weight is 454 g/mol. The van der Waals surface area contributed by atoms with Crippen molar-refractivity contribution in [3.63, 3.8) is 0 Å². The van der Waals surface area contributed by atoms with E-state index >= 15 is 0 Å². The van der Waals surface area contributed by atoms with E-state index in [-0.39, 0.29) is 24.5 Å². The van der Waals surface area contributed by atoms with Gasteiger partial charge in [-0.05, 0) is 48.0 Å². The van der Waals surface area contributed by atoms with Crippen LogP contribution in [0.15, 0.2) is 77.9 Å². The fourth-order valence-corrected chi connectivity index (χ4v) is 3.87. The number of carbonyl (C=O) groups is 1. The Morgan fingerprint density at radius 2 is 1.79 bits per heavy atom. The second kappa shape index (κ2) is 8.84. The predicted molar refractivity (Wildman–Crippen MR) is 126 cm³/mol. The van der Waals surface area contributed by atoms with E-state index in [1.807, 2.05) is 6.07 Å². The second-order valence-corrected chi connectivity index (χ2v) is 7.76. The van der Waals surface area contributed by atoms with Crippen LogP contribution in [0.1, 0.15) is 32.6 Å². The lowest BCUT2D eigenvalue weighted by Crippen LogP contribution is -2.08. The van der Waals surface area contributed by atoms with E-state index in [0.29, 0.717) is 39.7 Å². The number of carboxylic acid groups (broad SMARTS) is 1. The van der Waals surface area contributed by atoms with E-state index in [2.05, 4.69) is 10.3 Å². The summed E-state index contributed by atoms with van der Waals surface area (Å²) in [6, 6.07) is 18.2. The molecule has 0 bridgehead atoms. The molecule has 0 aliphatic carbocycles. The van der Waals surface area contributed by atoms with Crippen molar-refractivity contribution < 1.29 is 19.4 Å². The number of aromatic nitrogens is 2. The van der Waals surface area contributed by atoms with Crippen LogP contribution in [0.5, 0.6) is 0 Å². The summed E-state index contributed by atoms with van der Waals surface area (Å²) in [5, 5.41) is 21.9. The summed E-state index contributed by atoms with van der Waals surface area (Å²) in [6.07, 6.45) is 1.67. The van der Waals surface area contributed by atoms with Crippen LogP contribution in [-0.4, -0.2) is 31.9 Å². The van der Waals surface area contributed by atoms with E-state index in [1.165, 1.54) is 18.2 Å². The molecule has 168 valence electrons. The van der Waals surface area contributed by atoms with Crippen molar-refractivity contribution in [2.24, 2.45) is 4.99 Å². The number of hydrogen-bond donors (Lipinski definition) is 3.